The van der Waals surface area contributed by atoms with Gasteiger partial charge in [-0.25, -0.2) is 0 Å². The molecule has 2 rings (SSSR count). The van der Waals surface area contributed by atoms with Gasteiger partial charge in [0.2, 0.25) is 0 Å². The fourth-order valence-electron chi connectivity index (χ4n) is 2.38. The summed E-state index contributed by atoms with van der Waals surface area (Å²) in [6.45, 7) is 4.06. The van der Waals surface area contributed by atoms with E-state index in [1.165, 1.54) is 11.3 Å². The minimum Gasteiger partial charge on any atom is -0.333 e. The maximum Gasteiger partial charge on any atom is 0.264 e. The number of hydrogen-bond acceptors (Lipinski definition) is 3. The molecule has 1 saturated carbocycles. The zero-order chi connectivity index (χ0) is 14.0. The molecule has 1 aromatic rings. The molecule has 0 saturated heterocycles. The molecule has 1 aromatic heterocycles. The molecule has 1 aliphatic carbocycles. The van der Waals surface area contributed by atoms with Crippen LogP contribution in [0.25, 0.3) is 0 Å². The van der Waals surface area contributed by atoms with E-state index in [0.29, 0.717) is 15.8 Å². The predicted octanol–water partition coefficient (Wildman–Crippen LogP) is 3.91. The van der Waals surface area contributed by atoms with E-state index in [1.807, 2.05) is 12.3 Å². The van der Waals surface area contributed by atoms with E-state index in [-0.39, 0.29) is 5.91 Å². The number of carbonyl (C=O) groups is 1. The molecule has 0 unspecified atom stereocenters. The molecule has 0 aromatic carbocycles. The number of halogens is 1. The summed E-state index contributed by atoms with van der Waals surface area (Å²) >= 11 is 7.43. The first kappa shape index (κ1) is 14.4. The summed E-state index contributed by atoms with van der Waals surface area (Å²) in [5.41, 5.74) is 0.185. The Morgan fingerprint density at radius 1 is 1.58 bits per heavy atom. The van der Waals surface area contributed by atoms with Crippen molar-refractivity contribution >= 4 is 28.8 Å². The number of nitrogens with zero attached hydrogens (tertiary/aromatic N) is 1. The van der Waals surface area contributed by atoms with Gasteiger partial charge in [-0.1, -0.05) is 18.5 Å². The lowest BCUT2D eigenvalue weighted by Gasteiger charge is -2.34. The van der Waals surface area contributed by atoms with Gasteiger partial charge in [0.05, 0.1) is 11.1 Å². The van der Waals surface area contributed by atoms with Crippen molar-refractivity contribution in [2.24, 2.45) is 5.92 Å². The van der Waals surface area contributed by atoms with E-state index in [9.17, 15) is 10.1 Å². The van der Waals surface area contributed by atoms with E-state index in [0.717, 1.165) is 31.2 Å². The van der Waals surface area contributed by atoms with Crippen molar-refractivity contribution < 1.29 is 4.79 Å². The first-order valence-electron chi connectivity index (χ1n) is 6.45. The number of nitrogens with one attached hydrogen (secondary N) is 1. The number of amides is 1. The number of aryl methyl sites for hydroxylation is 1. The lowest BCUT2D eigenvalue weighted by molar-refractivity contribution is 0.0898. The van der Waals surface area contributed by atoms with Gasteiger partial charge in [-0.2, -0.15) is 5.26 Å². The van der Waals surface area contributed by atoms with Crippen LogP contribution in [0.5, 0.6) is 0 Å². The zero-order valence-electron chi connectivity index (χ0n) is 11.1. The summed E-state index contributed by atoms with van der Waals surface area (Å²) in [7, 11) is 0. The molecule has 0 aliphatic heterocycles. The fourth-order valence-corrected chi connectivity index (χ4v) is 3.55. The van der Waals surface area contributed by atoms with Gasteiger partial charge >= 0.3 is 0 Å². The van der Waals surface area contributed by atoms with Crippen LogP contribution in [0, 0.1) is 24.2 Å². The van der Waals surface area contributed by atoms with Crippen molar-refractivity contribution in [1.29, 1.82) is 5.26 Å². The van der Waals surface area contributed by atoms with Crippen LogP contribution in [-0.4, -0.2) is 11.4 Å². The van der Waals surface area contributed by atoms with Crippen molar-refractivity contribution in [3.8, 4) is 6.07 Å². The van der Waals surface area contributed by atoms with Gasteiger partial charge in [-0.15, -0.1) is 11.3 Å². The Hall–Kier alpha value is -1.05. The summed E-state index contributed by atoms with van der Waals surface area (Å²) < 4.78 is 0. The van der Waals surface area contributed by atoms with Crippen LogP contribution in [0.3, 0.4) is 0 Å². The molecule has 0 atom stereocenters. The number of nitriles is 1. The van der Waals surface area contributed by atoms with Gasteiger partial charge in [0.15, 0.2) is 0 Å². The second-order valence-electron chi connectivity index (χ2n) is 5.39. The topological polar surface area (TPSA) is 52.9 Å². The molecule has 1 N–H and O–H groups in total. The van der Waals surface area contributed by atoms with Crippen LogP contribution in [0.15, 0.2) is 5.38 Å². The van der Waals surface area contributed by atoms with Crippen LogP contribution >= 0.6 is 22.9 Å². The van der Waals surface area contributed by atoms with E-state index in [2.05, 4.69) is 18.3 Å². The van der Waals surface area contributed by atoms with Gasteiger partial charge in [0.1, 0.15) is 10.4 Å². The van der Waals surface area contributed by atoms with Gasteiger partial charge in [0, 0.05) is 0 Å². The Balaban J connectivity index is 2.13. The molecular formula is C14H17ClN2OS. The summed E-state index contributed by atoms with van der Waals surface area (Å²) in [5, 5.41) is 14.7. The summed E-state index contributed by atoms with van der Waals surface area (Å²) in [5.74, 6) is 0.408. The molecule has 1 amide bonds. The molecule has 3 nitrogen and oxygen atoms in total. The van der Waals surface area contributed by atoms with E-state index in [4.69, 9.17) is 11.6 Å². The molecule has 0 spiro atoms. The highest BCUT2D eigenvalue weighted by Gasteiger charge is 2.36. The monoisotopic (exact) mass is 296 g/mol. The van der Waals surface area contributed by atoms with Gasteiger partial charge in [0.25, 0.3) is 5.91 Å². The van der Waals surface area contributed by atoms with E-state index in [1.54, 1.807) is 0 Å². The van der Waals surface area contributed by atoms with Crippen molar-refractivity contribution in [2.75, 3.05) is 0 Å². The number of hydrogen-bond donors (Lipinski definition) is 1. The van der Waals surface area contributed by atoms with Crippen LogP contribution in [0.1, 0.15) is 47.8 Å². The minimum absolute atomic E-state index is 0.223. The molecule has 19 heavy (non-hydrogen) atoms. The van der Waals surface area contributed by atoms with E-state index >= 15 is 0 Å². The fraction of sp³-hybridized carbons (Fsp3) is 0.571. The molecule has 102 valence electrons. The van der Waals surface area contributed by atoms with Gasteiger partial charge < -0.3 is 5.32 Å². The van der Waals surface area contributed by atoms with Crippen LogP contribution in [-0.2, 0) is 0 Å². The Kier molecular flexibility index (Phi) is 4.17. The standard InChI is InChI=1S/C14H17ClN2OS/c1-9-3-5-14(8-16,6-4-9)17-13(18)12-11(15)10(2)7-19-12/h7,9H,3-6H2,1-2H3,(H,17,18). The Bertz CT molecular complexity index is 524. The molecule has 1 aliphatic rings. The number of thiophene rings is 1. The smallest absolute Gasteiger partial charge is 0.264 e. The van der Waals surface area contributed by atoms with Crippen LogP contribution in [0.4, 0.5) is 0 Å². The molecule has 1 fully saturated rings. The third-order valence-corrected chi connectivity index (χ3v) is 5.50. The largest absolute Gasteiger partial charge is 0.333 e. The van der Waals surface area contributed by atoms with Crippen molar-refractivity contribution in [2.45, 2.75) is 45.1 Å². The Morgan fingerprint density at radius 3 is 2.68 bits per heavy atom. The molecule has 5 heteroatoms. The third-order valence-electron chi connectivity index (χ3n) is 3.80. The highest BCUT2D eigenvalue weighted by molar-refractivity contribution is 7.13. The maximum absolute atomic E-state index is 12.3. The average Bonchev–Trinajstić information content (AvgIpc) is 2.73. The van der Waals surface area contributed by atoms with Gasteiger partial charge in [-0.3, -0.25) is 4.79 Å². The van der Waals surface area contributed by atoms with Crippen molar-refractivity contribution in [3.63, 3.8) is 0 Å². The Morgan fingerprint density at radius 2 is 2.21 bits per heavy atom. The molecule has 0 radical (unpaired) electrons. The lowest BCUT2D eigenvalue weighted by Crippen LogP contribution is -2.49. The van der Waals surface area contributed by atoms with Crippen LogP contribution in [0.2, 0.25) is 5.02 Å². The number of carbonyl (C=O) groups excluding carboxylic acids is 1. The first-order chi connectivity index (χ1) is 8.97. The summed E-state index contributed by atoms with van der Waals surface area (Å²) in [6.07, 6.45) is 3.40. The summed E-state index contributed by atoms with van der Waals surface area (Å²) in [4.78, 5) is 12.8. The normalized spacial score (nSPS) is 26.7. The second-order valence-corrected chi connectivity index (χ2v) is 6.65. The lowest BCUT2D eigenvalue weighted by atomic mass is 9.78. The zero-order valence-corrected chi connectivity index (χ0v) is 12.7. The molecular weight excluding hydrogens is 280 g/mol. The van der Waals surface area contributed by atoms with E-state index < -0.39 is 5.54 Å². The quantitative estimate of drug-likeness (QED) is 0.899. The maximum atomic E-state index is 12.3. The highest BCUT2D eigenvalue weighted by Crippen LogP contribution is 2.33. The summed E-state index contributed by atoms with van der Waals surface area (Å²) in [6, 6.07) is 2.29. The van der Waals surface area contributed by atoms with Crippen LogP contribution < -0.4 is 5.32 Å². The molecule has 0 bridgehead atoms. The Labute approximate surface area is 122 Å². The minimum atomic E-state index is -0.717. The van der Waals surface area contributed by atoms with Crippen molar-refractivity contribution in [3.05, 3.63) is 20.8 Å². The van der Waals surface area contributed by atoms with Crippen molar-refractivity contribution in [1.82, 2.24) is 5.32 Å². The first-order valence-corrected chi connectivity index (χ1v) is 7.70. The average molecular weight is 297 g/mol. The van der Waals surface area contributed by atoms with Gasteiger partial charge in [-0.05, 0) is 49.5 Å². The second kappa shape index (κ2) is 5.52. The SMILES string of the molecule is Cc1csc(C(=O)NC2(C#N)CCC(C)CC2)c1Cl. The third kappa shape index (κ3) is 2.93. The number of rotatable bonds is 2. The highest BCUT2D eigenvalue weighted by atomic mass is 35.5. The predicted molar refractivity (Wildman–Crippen MR) is 77.5 cm³/mol. The molecule has 1 heterocycles.